The summed E-state index contributed by atoms with van der Waals surface area (Å²) in [4.78, 5) is 23.1. The lowest BCUT2D eigenvalue weighted by Crippen LogP contribution is -2.27. The molecular formula is C14H12ClNO3. The number of aryl methyl sites for hydroxylation is 1. The maximum absolute atomic E-state index is 12.1. The Morgan fingerprint density at radius 1 is 1.26 bits per heavy atom. The summed E-state index contributed by atoms with van der Waals surface area (Å²) < 4.78 is 1.37. The minimum atomic E-state index is -1.20. The first-order valence-electron chi connectivity index (χ1n) is 5.67. The molecule has 0 fully saturated rings. The van der Waals surface area contributed by atoms with E-state index in [4.69, 9.17) is 16.7 Å². The van der Waals surface area contributed by atoms with Gasteiger partial charge in [0, 0.05) is 11.2 Å². The fourth-order valence-electron chi connectivity index (χ4n) is 1.84. The summed E-state index contributed by atoms with van der Waals surface area (Å²) in [7, 11) is 0. The van der Waals surface area contributed by atoms with Crippen LogP contribution in [0.2, 0.25) is 5.02 Å². The quantitative estimate of drug-likeness (QED) is 0.938. The van der Waals surface area contributed by atoms with Crippen molar-refractivity contribution < 1.29 is 9.90 Å². The van der Waals surface area contributed by atoms with E-state index in [0.717, 1.165) is 5.56 Å². The van der Waals surface area contributed by atoms with Gasteiger partial charge in [0.05, 0.1) is 6.54 Å². The second kappa shape index (κ2) is 5.28. The third kappa shape index (κ3) is 2.85. The zero-order chi connectivity index (χ0) is 14.0. The van der Waals surface area contributed by atoms with E-state index in [0.29, 0.717) is 17.1 Å². The molecule has 1 aromatic heterocycles. The molecule has 0 saturated carbocycles. The summed E-state index contributed by atoms with van der Waals surface area (Å²) in [6, 6.07) is 8.69. The van der Waals surface area contributed by atoms with Gasteiger partial charge in [0.25, 0.3) is 5.56 Å². The largest absolute Gasteiger partial charge is 0.477 e. The van der Waals surface area contributed by atoms with Gasteiger partial charge in [-0.05, 0) is 36.2 Å². The van der Waals surface area contributed by atoms with Crippen LogP contribution in [0.3, 0.4) is 0 Å². The highest BCUT2D eigenvalue weighted by Crippen LogP contribution is 2.10. The van der Waals surface area contributed by atoms with Crippen LogP contribution in [0, 0.1) is 6.92 Å². The third-order valence-electron chi connectivity index (χ3n) is 2.85. The Kier molecular flexibility index (Phi) is 3.71. The van der Waals surface area contributed by atoms with Crippen molar-refractivity contribution in [2.75, 3.05) is 0 Å². The van der Waals surface area contributed by atoms with Crippen molar-refractivity contribution in [1.82, 2.24) is 4.57 Å². The molecule has 0 aliphatic heterocycles. The number of nitrogens with zero attached hydrogens (tertiary/aromatic N) is 1. The van der Waals surface area contributed by atoms with E-state index in [1.165, 1.54) is 4.57 Å². The van der Waals surface area contributed by atoms with Crippen molar-refractivity contribution in [3.8, 4) is 0 Å². The fraction of sp³-hybridized carbons (Fsp3) is 0.143. The summed E-state index contributed by atoms with van der Waals surface area (Å²) in [6.45, 7) is 1.92. The average Bonchev–Trinajstić information content (AvgIpc) is 2.35. The minimum absolute atomic E-state index is 0.184. The predicted molar refractivity (Wildman–Crippen MR) is 73.0 cm³/mol. The van der Waals surface area contributed by atoms with E-state index in [-0.39, 0.29) is 5.56 Å². The third-order valence-corrected chi connectivity index (χ3v) is 3.11. The van der Waals surface area contributed by atoms with Crippen molar-refractivity contribution in [2.45, 2.75) is 13.5 Å². The number of hydrogen-bond donors (Lipinski definition) is 1. The van der Waals surface area contributed by atoms with E-state index in [9.17, 15) is 9.59 Å². The number of carboxylic acids is 1. The van der Waals surface area contributed by atoms with Crippen LogP contribution in [0.25, 0.3) is 0 Å². The molecule has 1 heterocycles. The molecule has 0 unspecified atom stereocenters. The molecule has 5 heteroatoms. The second-order valence-electron chi connectivity index (χ2n) is 4.24. The van der Waals surface area contributed by atoms with E-state index >= 15 is 0 Å². The van der Waals surface area contributed by atoms with E-state index in [2.05, 4.69) is 0 Å². The monoisotopic (exact) mass is 277 g/mol. The SMILES string of the molecule is Cc1ccn(Cc2ccc(Cl)cc2)c(=O)c1C(=O)O. The highest BCUT2D eigenvalue weighted by Gasteiger charge is 2.14. The zero-order valence-corrected chi connectivity index (χ0v) is 11.0. The first-order valence-corrected chi connectivity index (χ1v) is 6.04. The molecule has 98 valence electrons. The van der Waals surface area contributed by atoms with Crippen LogP contribution in [0.4, 0.5) is 0 Å². The molecule has 1 aromatic carbocycles. The van der Waals surface area contributed by atoms with Crippen LogP contribution in [-0.4, -0.2) is 15.6 Å². The van der Waals surface area contributed by atoms with E-state index in [1.54, 1.807) is 43.5 Å². The molecule has 0 radical (unpaired) electrons. The molecule has 4 nitrogen and oxygen atoms in total. The summed E-state index contributed by atoms with van der Waals surface area (Å²) in [5.74, 6) is -1.20. The van der Waals surface area contributed by atoms with Crippen LogP contribution in [-0.2, 0) is 6.54 Å². The normalized spacial score (nSPS) is 10.4. The van der Waals surface area contributed by atoms with Gasteiger partial charge in [-0.2, -0.15) is 0 Å². The molecule has 0 atom stereocenters. The molecule has 19 heavy (non-hydrogen) atoms. The van der Waals surface area contributed by atoms with E-state index < -0.39 is 11.5 Å². The maximum atomic E-state index is 12.1. The Morgan fingerprint density at radius 2 is 1.89 bits per heavy atom. The van der Waals surface area contributed by atoms with Gasteiger partial charge in [-0.15, -0.1) is 0 Å². The number of aromatic nitrogens is 1. The topological polar surface area (TPSA) is 59.3 Å². The summed E-state index contributed by atoms with van der Waals surface area (Å²) in [6.07, 6.45) is 1.60. The van der Waals surface area contributed by atoms with Gasteiger partial charge >= 0.3 is 5.97 Å². The van der Waals surface area contributed by atoms with Gasteiger partial charge in [0.2, 0.25) is 0 Å². The predicted octanol–water partition coefficient (Wildman–Crippen LogP) is 2.56. The first-order chi connectivity index (χ1) is 8.99. The lowest BCUT2D eigenvalue weighted by atomic mass is 10.1. The highest BCUT2D eigenvalue weighted by molar-refractivity contribution is 6.30. The van der Waals surface area contributed by atoms with Gasteiger partial charge < -0.3 is 9.67 Å². The molecule has 0 aliphatic rings. The molecule has 2 rings (SSSR count). The van der Waals surface area contributed by atoms with Gasteiger partial charge in [-0.25, -0.2) is 4.79 Å². The summed E-state index contributed by atoms with van der Waals surface area (Å²) in [5, 5.41) is 9.66. The van der Waals surface area contributed by atoms with Crippen LogP contribution >= 0.6 is 11.6 Å². The van der Waals surface area contributed by atoms with Crippen LogP contribution < -0.4 is 5.56 Å². The number of hydrogen-bond acceptors (Lipinski definition) is 2. The van der Waals surface area contributed by atoms with Crippen LogP contribution in [0.15, 0.2) is 41.3 Å². The Labute approximate surface area is 114 Å². The molecule has 0 aliphatic carbocycles. The van der Waals surface area contributed by atoms with Crippen molar-refractivity contribution in [1.29, 1.82) is 0 Å². The Balaban J connectivity index is 2.41. The second-order valence-corrected chi connectivity index (χ2v) is 4.67. The number of aromatic carboxylic acids is 1. The molecular weight excluding hydrogens is 266 g/mol. The smallest absolute Gasteiger partial charge is 0.341 e. The standard InChI is InChI=1S/C14H12ClNO3/c1-9-6-7-16(13(17)12(9)14(18)19)8-10-2-4-11(15)5-3-10/h2-7H,8H2,1H3,(H,18,19). The van der Waals surface area contributed by atoms with E-state index in [1.807, 2.05) is 0 Å². The van der Waals surface area contributed by atoms with Crippen molar-refractivity contribution in [3.05, 3.63) is 68.6 Å². The van der Waals surface area contributed by atoms with Crippen molar-refractivity contribution in [3.63, 3.8) is 0 Å². The molecule has 0 spiro atoms. The maximum Gasteiger partial charge on any atom is 0.341 e. The number of benzene rings is 1. The highest BCUT2D eigenvalue weighted by atomic mass is 35.5. The molecule has 0 amide bonds. The van der Waals surface area contributed by atoms with Crippen molar-refractivity contribution >= 4 is 17.6 Å². The molecule has 1 N–H and O–H groups in total. The first kappa shape index (κ1) is 13.4. The molecule has 0 saturated heterocycles. The number of carboxylic acid groups (broad SMARTS) is 1. The molecule has 0 bridgehead atoms. The van der Waals surface area contributed by atoms with Gasteiger partial charge in [-0.1, -0.05) is 23.7 Å². The minimum Gasteiger partial charge on any atom is -0.477 e. The number of carbonyl (C=O) groups is 1. The fourth-order valence-corrected chi connectivity index (χ4v) is 1.96. The van der Waals surface area contributed by atoms with Gasteiger partial charge in [-0.3, -0.25) is 4.79 Å². The Hall–Kier alpha value is -2.07. The molecule has 2 aromatic rings. The van der Waals surface area contributed by atoms with Crippen LogP contribution in [0.5, 0.6) is 0 Å². The van der Waals surface area contributed by atoms with Gasteiger partial charge in [0.15, 0.2) is 0 Å². The Bertz CT molecular complexity index is 674. The van der Waals surface area contributed by atoms with Crippen molar-refractivity contribution in [2.24, 2.45) is 0 Å². The number of halogens is 1. The lowest BCUT2D eigenvalue weighted by molar-refractivity contribution is 0.0693. The van der Waals surface area contributed by atoms with Crippen LogP contribution in [0.1, 0.15) is 21.5 Å². The average molecular weight is 278 g/mol. The Morgan fingerprint density at radius 3 is 2.47 bits per heavy atom. The number of pyridine rings is 1. The lowest BCUT2D eigenvalue weighted by Gasteiger charge is -2.08. The zero-order valence-electron chi connectivity index (χ0n) is 10.3. The number of rotatable bonds is 3. The van der Waals surface area contributed by atoms with Gasteiger partial charge in [0.1, 0.15) is 5.56 Å². The summed E-state index contributed by atoms with van der Waals surface area (Å²) >= 11 is 5.79. The summed E-state index contributed by atoms with van der Waals surface area (Å²) in [5.41, 5.74) is 0.662.